The molecular formula is C12H16N2O2S. The van der Waals surface area contributed by atoms with Gasteiger partial charge in [0.15, 0.2) is 0 Å². The third-order valence-electron chi connectivity index (χ3n) is 2.21. The van der Waals surface area contributed by atoms with Crippen molar-refractivity contribution in [3.63, 3.8) is 0 Å². The molecule has 0 radical (unpaired) electrons. The van der Waals surface area contributed by atoms with Crippen molar-refractivity contribution in [1.82, 2.24) is 4.72 Å². The van der Waals surface area contributed by atoms with E-state index in [9.17, 15) is 8.42 Å². The molecule has 1 aromatic carbocycles. The van der Waals surface area contributed by atoms with Crippen LogP contribution in [0.4, 0.5) is 5.69 Å². The van der Waals surface area contributed by atoms with Crippen LogP contribution >= 0.6 is 0 Å². The van der Waals surface area contributed by atoms with Crippen molar-refractivity contribution in [3.8, 4) is 12.3 Å². The minimum Gasteiger partial charge on any atom is -0.399 e. The van der Waals surface area contributed by atoms with Crippen molar-refractivity contribution in [3.05, 3.63) is 24.3 Å². The average Bonchev–Trinajstić information content (AvgIpc) is 2.29. The first-order chi connectivity index (χ1) is 8.06. The van der Waals surface area contributed by atoms with E-state index in [1.807, 2.05) is 0 Å². The number of nitrogens with two attached hydrogens (primary N) is 1. The van der Waals surface area contributed by atoms with Crippen molar-refractivity contribution in [2.75, 3.05) is 12.3 Å². The molecule has 1 aromatic rings. The van der Waals surface area contributed by atoms with Gasteiger partial charge in [-0.15, -0.1) is 12.3 Å². The van der Waals surface area contributed by atoms with Crippen LogP contribution in [-0.4, -0.2) is 15.0 Å². The fourth-order valence-electron chi connectivity index (χ4n) is 1.32. The molecule has 0 aliphatic carbocycles. The van der Waals surface area contributed by atoms with Crippen molar-refractivity contribution in [2.45, 2.75) is 24.2 Å². The molecule has 0 aliphatic heterocycles. The molecule has 17 heavy (non-hydrogen) atoms. The van der Waals surface area contributed by atoms with Gasteiger partial charge in [0.25, 0.3) is 0 Å². The largest absolute Gasteiger partial charge is 0.399 e. The first-order valence-electron chi connectivity index (χ1n) is 5.35. The quantitative estimate of drug-likeness (QED) is 0.456. The van der Waals surface area contributed by atoms with Crippen LogP contribution in [0, 0.1) is 12.3 Å². The second-order valence-electron chi connectivity index (χ2n) is 3.63. The Bertz CT molecular complexity index is 503. The van der Waals surface area contributed by atoms with Crippen molar-refractivity contribution >= 4 is 15.7 Å². The molecule has 0 spiro atoms. The Hall–Kier alpha value is -1.51. The van der Waals surface area contributed by atoms with Gasteiger partial charge in [-0.3, -0.25) is 0 Å². The SMILES string of the molecule is C#CCCCCNS(=O)(=O)c1cccc(N)c1. The van der Waals surface area contributed by atoms with Gasteiger partial charge < -0.3 is 5.73 Å². The fourth-order valence-corrected chi connectivity index (χ4v) is 2.45. The van der Waals surface area contributed by atoms with Gasteiger partial charge in [-0.25, -0.2) is 13.1 Å². The molecule has 0 heterocycles. The number of nitrogen functional groups attached to an aromatic ring is 1. The number of nitrogens with one attached hydrogen (secondary N) is 1. The molecule has 0 aliphatic rings. The molecule has 4 nitrogen and oxygen atoms in total. The average molecular weight is 252 g/mol. The Kier molecular flexibility index (Phi) is 5.01. The zero-order chi connectivity index (χ0) is 12.7. The standard InChI is InChI=1S/C12H16N2O2S/c1-2-3-4-5-9-14-17(15,16)12-8-6-7-11(13)10-12/h1,6-8,10,14H,3-5,9,13H2. The van der Waals surface area contributed by atoms with Gasteiger partial charge in [0.2, 0.25) is 10.0 Å². The van der Waals surface area contributed by atoms with E-state index in [0.29, 0.717) is 18.7 Å². The lowest BCUT2D eigenvalue weighted by molar-refractivity contribution is 0.577. The number of rotatable bonds is 6. The molecule has 0 bridgehead atoms. The monoisotopic (exact) mass is 252 g/mol. The highest BCUT2D eigenvalue weighted by Crippen LogP contribution is 2.12. The normalized spacial score (nSPS) is 11.0. The van der Waals surface area contributed by atoms with Crippen molar-refractivity contribution < 1.29 is 8.42 Å². The number of terminal acetylenes is 1. The zero-order valence-electron chi connectivity index (χ0n) is 9.52. The van der Waals surface area contributed by atoms with Gasteiger partial charge in [-0.05, 0) is 31.0 Å². The summed E-state index contributed by atoms with van der Waals surface area (Å²) in [4.78, 5) is 0.189. The molecule has 0 unspecified atom stereocenters. The summed E-state index contributed by atoms with van der Waals surface area (Å²) in [7, 11) is -3.45. The lowest BCUT2D eigenvalue weighted by Crippen LogP contribution is -2.24. The Morgan fingerprint density at radius 1 is 1.35 bits per heavy atom. The summed E-state index contributed by atoms with van der Waals surface area (Å²) >= 11 is 0. The molecule has 92 valence electrons. The lowest BCUT2D eigenvalue weighted by Gasteiger charge is -2.06. The maximum Gasteiger partial charge on any atom is 0.240 e. The van der Waals surface area contributed by atoms with Gasteiger partial charge in [0.1, 0.15) is 0 Å². The van der Waals surface area contributed by atoms with Gasteiger partial charge in [0.05, 0.1) is 4.90 Å². The molecule has 0 aromatic heterocycles. The maximum absolute atomic E-state index is 11.8. The van der Waals surface area contributed by atoms with E-state index in [2.05, 4.69) is 10.6 Å². The predicted molar refractivity (Wildman–Crippen MR) is 68.7 cm³/mol. The molecule has 0 atom stereocenters. The van der Waals surface area contributed by atoms with Crippen LogP contribution in [0.3, 0.4) is 0 Å². The summed E-state index contributed by atoms with van der Waals surface area (Å²) in [6, 6.07) is 6.21. The summed E-state index contributed by atoms with van der Waals surface area (Å²) in [5, 5.41) is 0. The number of anilines is 1. The third kappa shape index (κ3) is 4.47. The summed E-state index contributed by atoms with van der Waals surface area (Å²) < 4.78 is 26.1. The smallest absolute Gasteiger partial charge is 0.240 e. The molecule has 0 amide bonds. The van der Waals surface area contributed by atoms with Gasteiger partial charge in [0, 0.05) is 18.7 Å². The highest BCUT2D eigenvalue weighted by Gasteiger charge is 2.12. The van der Waals surface area contributed by atoms with Gasteiger partial charge >= 0.3 is 0 Å². The predicted octanol–water partition coefficient (Wildman–Crippen LogP) is 1.35. The summed E-state index contributed by atoms with van der Waals surface area (Å²) in [6.45, 7) is 0.388. The Morgan fingerprint density at radius 3 is 2.76 bits per heavy atom. The van der Waals surface area contributed by atoms with E-state index in [0.717, 1.165) is 12.8 Å². The number of benzene rings is 1. The molecule has 3 N–H and O–H groups in total. The van der Waals surface area contributed by atoms with Crippen LogP contribution < -0.4 is 10.5 Å². The van der Waals surface area contributed by atoms with E-state index >= 15 is 0 Å². The van der Waals surface area contributed by atoms with E-state index in [-0.39, 0.29) is 4.90 Å². The topological polar surface area (TPSA) is 72.2 Å². The Balaban J connectivity index is 2.55. The zero-order valence-corrected chi connectivity index (χ0v) is 10.3. The maximum atomic E-state index is 11.8. The summed E-state index contributed by atoms with van der Waals surface area (Å²) in [6.07, 6.45) is 7.31. The van der Waals surface area contributed by atoms with E-state index in [4.69, 9.17) is 12.2 Å². The number of hydrogen-bond acceptors (Lipinski definition) is 3. The minimum absolute atomic E-state index is 0.189. The molecular weight excluding hydrogens is 236 g/mol. The van der Waals surface area contributed by atoms with Crippen LogP contribution in [0.1, 0.15) is 19.3 Å². The highest BCUT2D eigenvalue weighted by molar-refractivity contribution is 7.89. The third-order valence-corrected chi connectivity index (χ3v) is 3.67. The van der Waals surface area contributed by atoms with E-state index in [1.165, 1.54) is 12.1 Å². The Morgan fingerprint density at radius 2 is 2.12 bits per heavy atom. The second-order valence-corrected chi connectivity index (χ2v) is 5.40. The number of sulfonamides is 1. The van der Waals surface area contributed by atoms with Crippen molar-refractivity contribution in [1.29, 1.82) is 0 Å². The van der Waals surface area contributed by atoms with Crippen LogP contribution in [0.25, 0.3) is 0 Å². The van der Waals surface area contributed by atoms with Crippen LogP contribution in [-0.2, 0) is 10.0 Å². The molecule has 5 heteroatoms. The van der Waals surface area contributed by atoms with Gasteiger partial charge in [-0.2, -0.15) is 0 Å². The summed E-state index contributed by atoms with van der Waals surface area (Å²) in [5.41, 5.74) is 5.97. The summed E-state index contributed by atoms with van der Waals surface area (Å²) in [5.74, 6) is 2.51. The van der Waals surface area contributed by atoms with E-state index < -0.39 is 10.0 Å². The fraction of sp³-hybridized carbons (Fsp3) is 0.333. The van der Waals surface area contributed by atoms with E-state index in [1.54, 1.807) is 12.1 Å². The lowest BCUT2D eigenvalue weighted by atomic mass is 10.2. The molecule has 0 saturated carbocycles. The second kappa shape index (κ2) is 6.28. The van der Waals surface area contributed by atoms with Crippen LogP contribution in [0.5, 0.6) is 0 Å². The first-order valence-corrected chi connectivity index (χ1v) is 6.83. The number of unbranched alkanes of at least 4 members (excludes halogenated alkanes) is 2. The highest BCUT2D eigenvalue weighted by atomic mass is 32.2. The molecule has 1 rings (SSSR count). The molecule has 0 fully saturated rings. The minimum atomic E-state index is -3.45. The molecule has 0 saturated heterocycles. The first kappa shape index (κ1) is 13.6. The van der Waals surface area contributed by atoms with Crippen molar-refractivity contribution in [2.24, 2.45) is 0 Å². The van der Waals surface area contributed by atoms with Crippen LogP contribution in [0.15, 0.2) is 29.2 Å². The van der Waals surface area contributed by atoms with Crippen LogP contribution in [0.2, 0.25) is 0 Å². The van der Waals surface area contributed by atoms with Gasteiger partial charge in [-0.1, -0.05) is 6.07 Å². The Labute approximate surface area is 102 Å². The number of hydrogen-bond donors (Lipinski definition) is 2.